The maximum atomic E-state index is 12.3. The summed E-state index contributed by atoms with van der Waals surface area (Å²) in [6, 6.07) is 0. The average molecular weight is 354 g/mol. The fourth-order valence-electron chi connectivity index (χ4n) is 3.02. The van der Waals surface area contributed by atoms with Gasteiger partial charge in [-0.3, -0.25) is 29.0 Å². The number of amides is 4. The maximum absolute atomic E-state index is 12.3. The first-order chi connectivity index (χ1) is 11.5. The van der Waals surface area contributed by atoms with Crippen molar-refractivity contribution in [2.24, 2.45) is 0 Å². The summed E-state index contributed by atoms with van der Waals surface area (Å²) < 4.78 is 0. The summed E-state index contributed by atoms with van der Waals surface area (Å²) in [7, 11) is 0. The van der Waals surface area contributed by atoms with E-state index in [0.717, 1.165) is 17.1 Å². The zero-order valence-corrected chi connectivity index (χ0v) is 15.1. The van der Waals surface area contributed by atoms with Gasteiger partial charge in [-0.25, -0.2) is 0 Å². The molecular formula is C17H26N2O4S. The number of imide groups is 2. The predicted molar refractivity (Wildman–Crippen MR) is 92.3 cm³/mol. The fourth-order valence-corrected chi connectivity index (χ4v) is 4.21. The lowest BCUT2D eigenvalue weighted by atomic mass is 10.2. The number of likely N-dealkylation sites (tertiary alicyclic amines) is 2. The summed E-state index contributed by atoms with van der Waals surface area (Å²) in [6.45, 7) is 2.43. The summed E-state index contributed by atoms with van der Waals surface area (Å²) in [4.78, 5) is 49.9. The van der Waals surface area contributed by atoms with E-state index >= 15 is 0 Å². The number of carbonyl (C=O) groups excluding carboxylic acids is 4. The highest BCUT2D eigenvalue weighted by Gasteiger charge is 2.39. The lowest BCUT2D eigenvalue weighted by molar-refractivity contribution is -0.143. The molecule has 7 heteroatoms. The zero-order valence-electron chi connectivity index (χ0n) is 14.3. The largest absolute Gasteiger partial charge is 0.281 e. The van der Waals surface area contributed by atoms with Crippen LogP contribution in [-0.4, -0.2) is 57.5 Å². The first-order valence-electron chi connectivity index (χ1n) is 8.83. The van der Waals surface area contributed by atoms with Gasteiger partial charge in [-0.05, 0) is 12.2 Å². The maximum Gasteiger partial charge on any atom is 0.242 e. The molecule has 0 N–H and O–H groups in total. The van der Waals surface area contributed by atoms with E-state index in [-0.39, 0.29) is 61.2 Å². The van der Waals surface area contributed by atoms with Gasteiger partial charge in [-0.15, -0.1) is 11.8 Å². The third-order valence-corrected chi connectivity index (χ3v) is 5.77. The quantitative estimate of drug-likeness (QED) is 0.443. The minimum atomic E-state index is -0.298. The van der Waals surface area contributed by atoms with Gasteiger partial charge in [0.1, 0.15) is 0 Å². The molecule has 0 saturated carbocycles. The molecular weight excluding hydrogens is 328 g/mol. The van der Waals surface area contributed by atoms with Crippen molar-refractivity contribution in [3.63, 3.8) is 0 Å². The molecule has 0 spiro atoms. The lowest BCUT2D eigenvalue weighted by Crippen LogP contribution is -2.40. The molecule has 6 nitrogen and oxygen atoms in total. The van der Waals surface area contributed by atoms with Crippen LogP contribution in [0.15, 0.2) is 0 Å². The van der Waals surface area contributed by atoms with E-state index in [0.29, 0.717) is 0 Å². The van der Waals surface area contributed by atoms with Crippen molar-refractivity contribution >= 4 is 35.4 Å². The Morgan fingerprint density at radius 1 is 0.875 bits per heavy atom. The van der Waals surface area contributed by atoms with E-state index in [2.05, 4.69) is 6.92 Å². The smallest absolute Gasteiger partial charge is 0.242 e. The summed E-state index contributed by atoms with van der Waals surface area (Å²) >= 11 is 1.56. The molecule has 2 rings (SSSR count). The molecule has 0 bridgehead atoms. The summed E-state index contributed by atoms with van der Waals surface area (Å²) in [5, 5.41) is -0.298. The van der Waals surface area contributed by atoms with Crippen LogP contribution in [0.1, 0.15) is 58.3 Å². The van der Waals surface area contributed by atoms with Gasteiger partial charge in [-0.1, -0.05) is 32.6 Å². The minimum Gasteiger partial charge on any atom is -0.281 e. The topological polar surface area (TPSA) is 74.8 Å². The predicted octanol–water partition coefficient (Wildman–Crippen LogP) is 1.97. The molecule has 1 atom stereocenters. The first kappa shape index (κ1) is 19.0. The molecule has 0 aliphatic carbocycles. The van der Waals surface area contributed by atoms with E-state index in [4.69, 9.17) is 0 Å². The Morgan fingerprint density at radius 3 is 2.17 bits per heavy atom. The van der Waals surface area contributed by atoms with Crippen LogP contribution in [0.5, 0.6) is 0 Å². The van der Waals surface area contributed by atoms with Gasteiger partial charge in [0.15, 0.2) is 0 Å². The van der Waals surface area contributed by atoms with Gasteiger partial charge in [0.25, 0.3) is 0 Å². The van der Waals surface area contributed by atoms with Crippen LogP contribution in [0.25, 0.3) is 0 Å². The number of rotatable bonds is 10. The van der Waals surface area contributed by atoms with Crippen LogP contribution in [0.2, 0.25) is 0 Å². The van der Waals surface area contributed by atoms with Crippen molar-refractivity contribution in [1.29, 1.82) is 0 Å². The van der Waals surface area contributed by atoms with Crippen LogP contribution in [0.4, 0.5) is 0 Å². The van der Waals surface area contributed by atoms with Crippen molar-refractivity contribution < 1.29 is 19.2 Å². The Balaban J connectivity index is 1.73. The number of hydrogen-bond acceptors (Lipinski definition) is 5. The van der Waals surface area contributed by atoms with Crippen LogP contribution in [0.3, 0.4) is 0 Å². The van der Waals surface area contributed by atoms with Gasteiger partial charge >= 0.3 is 0 Å². The van der Waals surface area contributed by atoms with Gasteiger partial charge < -0.3 is 0 Å². The second kappa shape index (κ2) is 9.20. The first-order valence-corrected chi connectivity index (χ1v) is 9.88. The number of hydrogen-bond donors (Lipinski definition) is 0. The SMILES string of the molecule is CCCCCCCSC1CC(=O)N(CCN2C(=O)CCC2=O)C1=O. The Hall–Kier alpha value is -1.37. The van der Waals surface area contributed by atoms with Gasteiger partial charge in [0, 0.05) is 32.4 Å². The standard InChI is InChI=1S/C17H26N2O4S/c1-2-3-4-5-6-11-24-13-12-16(22)19(17(13)23)10-9-18-14(20)7-8-15(18)21/h13H,2-12H2,1H3. The van der Waals surface area contributed by atoms with Gasteiger partial charge in [0.2, 0.25) is 23.6 Å². The summed E-state index contributed by atoms with van der Waals surface area (Å²) in [6.07, 6.45) is 6.61. The molecule has 0 aromatic heterocycles. The van der Waals surface area contributed by atoms with E-state index in [1.165, 1.54) is 30.6 Å². The molecule has 0 radical (unpaired) electrons. The van der Waals surface area contributed by atoms with Crippen molar-refractivity contribution in [2.45, 2.75) is 63.5 Å². The Bertz CT molecular complexity index is 493. The third-order valence-electron chi connectivity index (χ3n) is 4.47. The summed E-state index contributed by atoms with van der Waals surface area (Å²) in [5.74, 6) is 0.110. The molecule has 134 valence electrons. The van der Waals surface area contributed by atoms with Crippen molar-refractivity contribution in [2.75, 3.05) is 18.8 Å². The van der Waals surface area contributed by atoms with Crippen LogP contribution >= 0.6 is 11.8 Å². The second-order valence-electron chi connectivity index (χ2n) is 6.30. The third kappa shape index (κ3) is 4.82. The number of nitrogens with zero attached hydrogens (tertiary/aromatic N) is 2. The minimum absolute atomic E-state index is 0.128. The molecule has 24 heavy (non-hydrogen) atoms. The van der Waals surface area contributed by atoms with Crippen LogP contribution in [0, 0.1) is 0 Å². The van der Waals surface area contributed by atoms with Crippen LogP contribution in [-0.2, 0) is 19.2 Å². The number of thioether (sulfide) groups is 1. The molecule has 2 aliphatic heterocycles. The monoisotopic (exact) mass is 354 g/mol. The number of carbonyl (C=O) groups is 4. The van der Waals surface area contributed by atoms with E-state index < -0.39 is 0 Å². The molecule has 2 heterocycles. The normalized spacial score (nSPS) is 21.5. The molecule has 0 aromatic rings. The van der Waals surface area contributed by atoms with Crippen LogP contribution < -0.4 is 0 Å². The van der Waals surface area contributed by atoms with Crippen molar-refractivity contribution in [1.82, 2.24) is 9.80 Å². The Kier molecular flexibility index (Phi) is 7.27. The highest BCUT2D eigenvalue weighted by Crippen LogP contribution is 2.26. The van der Waals surface area contributed by atoms with E-state index in [1.54, 1.807) is 11.8 Å². The Morgan fingerprint density at radius 2 is 1.50 bits per heavy atom. The molecule has 0 aromatic carbocycles. The van der Waals surface area contributed by atoms with E-state index in [1.807, 2.05) is 0 Å². The number of unbranched alkanes of at least 4 members (excludes halogenated alkanes) is 4. The van der Waals surface area contributed by atoms with Crippen molar-refractivity contribution in [3.05, 3.63) is 0 Å². The highest BCUT2D eigenvalue weighted by atomic mass is 32.2. The lowest BCUT2D eigenvalue weighted by Gasteiger charge is -2.19. The molecule has 1 unspecified atom stereocenters. The molecule has 2 aliphatic rings. The highest BCUT2D eigenvalue weighted by molar-refractivity contribution is 8.00. The van der Waals surface area contributed by atoms with Gasteiger partial charge in [-0.2, -0.15) is 0 Å². The summed E-state index contributed by atoms with van der Waals surface area (Å²) in [5.41, 5.74) is 0. The molecule has 2 fully saturated rings. The van der Waals surface area contributed by atoms with E-state index in [9.17, 15) is 19.2 Å². The Labute approximate surface area is 147 Å². The fraction of sp³-hybridized carbons (Fsp3) is 0.765. The molecule has 2 saturated heterocycles. The second-order valence-corrected chi connectivity index (χ2v) is 7.61. The average Bonchev–Trinajstić information content (AvgIpc) is 3.01. The molecule has 4 amide bonds. The van der Waals surface area contributed by atoms with Crippen molar-refractivity contribution in [3.8, 4) is 0 Å². The zero-order chi connectivity index (χ0) is 17.5. The van der Waals surface area contributed by atoms with Gasteiger partial charge in [0.05, 0.1) is 5.25 Å².